The molecule has 0 aromatic carbocycles. The summed E-state index contributed by atoms with van der Waals surface area (Å²) in [6.07, 6.45) is 6.18. The van der Waals surface area contributed by atoms with Crippen LogP contribution in [0.1, 0.15) is 29.6 Å². The van der Waals surface area contributed by atoms with Crippen molar-refractivity contribution in [1.82, 2.24) is 24.6 Å². The van der Waals surface area contributed by atoms with Crippen molar-refractivity contribution in [2.24, 2.45) is 7.05 Å². The molecule has 1 unspecified atom stereocenters. The summed E-state index contributed by atoms with van der Waals surface area (Å²) in [4.78, 5) is 22.9. The average Bonchev–Trinajstić information content (AvgIpc) is 2.98. The van der Waals surface area contributed by atoms with Gasteiger partial charge in [-0.3, -0.25) is 19.4 Å². The maximum absolute atomic E-state index is 12.4. The molecule has 0 saturated carbocycles. The van der Waals surface area contributed by atoms with Crippen molar-refractivity contribution in [2.45, 2.75) is 25.9 Å². The number of amides is 1. The molecule has 3 rings (SSSR count). The van der Waals surface area contributed by atoms with E-state index in [0.717, 1.165) is 17.1 Å². The molecule has 0 N–H and O–H groups in total. The molecule has 1 aliphatic heterocycles. The summed E-state index contributed by atoms with van der Waals surface area (Å²) in [5, 5.41) is 4.12. The lowest BCUT2D eigenvalue weighted by Gasteiger charge is -2.32. The molecule has 3 heterocycles. The highest BCUT2D eigenvalue weighted by Gasteiger charge is 2.26. The number of rotatable bonds is 4. The van der Waals surface area contributed by atoms with E-state index in [1.165, 1.54) is 0 Å². The van der Waals surface area contributed by atoms with Crippen LogP contribution in [0.15, 0.2) is 24.7 Å². The summed E-state index contributed by atoms with van der Waals surface area (Å²) in [5.74, 6) is 0.138. The fourth-order valence-electron chi connectivity index (χ4n) is 2.66. The highest BCUT2D eigenvalue weighted by atomic mass is 16.5. The quantitative estimate of drug-likeness (QED) is 0.843. The van der Waals surface area contributed by atoms with Gasteiger partial charge in [0.1, 0.15) is 6.10 Å². The zero-order valence-corrected chi connectivity index (χ0v) is 13.5. The summed E-state index contributed by atoms with van der Waals surface area (Å²) in [5.41, 5.74) is 2.71. The Morgan fingerprint density at radius 2 is 2.26 bits per heavy atom. The van der Waals surface area contributed by atoms with E-state index < -0.39 is 0 Å². The highest BCUT2D eigenvalue weighted by molar-refractivity contribution is 5.76. The molecular weight excluding hydrogens is 294 g/mol. The Morgan fingerprint density at radius 3 is 2.96 bits per heavy atom. The van der Waals surface area contributed by atoms with Crippen LogP contribution in [-0.2, 0) is 23.0 Å². The molecule has 2 aromatic heterocycles. The van der Waals surface area contributed by atoms with Crippen LogP contribution in [0.3, 0.4) is 0 Å². The number of ether oxygens (including phenoxy) is 1. The maximum Gasteiger partial charge on any atom is 0.223 e. The Labute approximate surface area is 135 Å². The Morgan fingerprint density at radius 1 is 1.39 bits per heavy atom. The summed E-state index contributed by atoms with van der Waals surface area (Å²) in [6.45, 7) is 3.58. The number of hydrogen-bond donors (Lipinski definition) is 0. The standard InChI is InChI=1S/C16H21N5O2/c1-12-9-18-14(10-17-12)15-11-21(7-8-23-15)16(22)4-3-13-5-6-19-20(13)2/h5-6,9-10,15H,3-4,7-8,11H2,1-2H3. The van der Waals surface area contributed by atoms with Gasteiger partial charge in [-0.2, -0.15) is 5.10 Å². The molecule has 1 aliphatic rings. The second-order valence-corrected chi connectivity index (χ2v) is 5.73. The summed E-state index contributed by atoms with van der Waals surface area (Å²) in [6, 6.07) is 1.94. The van der Waals surface area contributed by atoms with Gasteiger partial charge >= 0.3 is 0 Å². The van der Waals surface area contributed by atoms with Crippen molar-refractivity contribution < 1.29 is 9.53 Å². The monoisotopic (exact) mass is 315 g/mol. The van der Waals surface area contributed by atoms with E-state index in [9.17, 15) is 4.79 Å². The molecule has 0 aliphatic carbocycles. The Balaban J connectivity index is 1.58. The number of hydrogen-bond acceptors (Lipinski definition) is 5. The van der Waals surface area contributed by atoms with Gasteiger partial charge in [-0.1, -0.05) is 0 Å². The van der Waals surface area contributed by atoms with E-state index >= 15 is 0 Å². The molecule has 0 bridgehead atoms. The second-order valence-electron chi connectivity index (χ2n) is 5.73. The lowest BCUT2D eigenvalue weighted by atomic mass is 10.1. The van der Waals surface area contributed by atoms with Crippen molar-refractivity contribution in [3.8, 4) is 0 Å². The number of aromatic nitrogens is 4. The minimum atomic E-state index is -0.197. The van der Waals surface area contributed by atoms with Crippen LogP contribution in [-0.4, -0.2) is 50.3 Å². The van der Waals surface area contributed by atoms with Gasteiger partial charge in [0.15, 0.2) is 0 Å². The lowest BCUT2D eigenvalue weighted by molar-refractivity contribution is -0.139. The molecule has 7 nitrogen and oxygen atoms in total. The van der Waals surface area contributed by atoms with Crippen molar-refractivity contribution >= 4 is 5.91 Å². The predicted octanol–water partition coefficient (Wildman–Crippen LogP) is 1.05. The van der Waals surface area contributed by atoms with Crippen molar-refractivity contribution in [3.63, 3.8) is 0 Å². The van der Waals surface area contributed by atoms with Gasteiger partial charge in [0.2, 0.25) is 5.91 Å². The van der Waals surface area contributed by atoms with Crippen LogP contribution >= 0.6 is 0 Å². The van der Waals surface area contributed by atoms with Gasteiger partial charge in [0.25, 0.3) is 0 Å². The number of aryl methyl sites for hydroxylation is 3. The zero-order valence-electron chi connectivity index (χ0n) is 13.5. The van der Waals surface area contributed by atoms with Crippen molar-refractivity contribution in [3.05, 3.63) is 41.7 Å². The molecular formula is C16H21N5O2. The van der Waals surface area contributed by atoms with E-state index in [2.05, 4.69) is 15.1 Å². The molecule has 7 heteroatoms. The SMILES string of the molecule is Cc1cnc(C2CN(C(=O)CCc3ccnn3C)CCO2)cn1. The van der Waals surface area contributed by atoms with Crippen LogP contribution < -0.4 is 0 Å². The summed E-state index contributed by atoms with van der Waals surface area (Å²) >= 11 is 0. The summed E-state index contributed by atoms with van der Waals surface area (Å²) < 4.78 is 7.55. The first-order valence-electron chi connectivity index (χ1n) is 7.78. The lowest BCUT2D eigenvalue weighted by Crippen LogP contribution is -2.42. The van der Waals surface area contributed by atoms with E-state index in [1.54, 1.807) is 23.3 Å². The van der Waals surface area contributed by atoms with Gasteiger partial charge in [-0.15, -0.1) is 0 Å². The molecule has 2 aromatic rings. The van der Waals surface area contributed by atoms with Crippen LogP contribution in [0.2, 0.25) is 0 Å². The smallest absolute Gasteiger partial charge is 0.223 e. The van der Waals surface area contributed by atoms with Gasteiger partial charge < -0.3 is 9.64 Å². The normalized spacial score (nSPS) is 18.2. The van der Waals surface area contributed by atoms with Gasteiger partial charge in [0, 0.05) is 38.1 Å². The molecule has 1 amide bonds. The molecule has 23 heavy (non-hydrogen) atoms. The Bertz CT molecular complexity index is 667. The van der Waals surface area contributed by atoms with E-state index in [0.29, 0.717) is 32.5 Å². The fourth-order valence-corrected chi connectivity index (χ4v) is 2.66. The second kappa shape index (κ2) is 6.87. The fraction of sp³-hybridized carbons (Fsp3) is 0.500. The molecule has 122 valence electrons. The number of carbonyl (C=O) groups is 1. The molecule has 1 atom stereocenters. The maximum atomic E-state index is 12.4. The van der Waals surface area contributed by atoms with Crippen LogP contribution in [0.4, 0.5) is 0 Å². The third-order valence-corrected chi connectivity index (χ3v) is 4.07. The van der Waals surface area contributed by atoms with E-state index in [4.69, 9.17) is 4.74 Å². The zero-order chi connectivity index (χ0) is 16.2. The molecule has 0 spiro atoms. The first-order valence-corrected chi connectivity index (χ1v) is 7.78. The molecule has 1 saturated heterocycles. The molecule has 1 fully saturated rings. The van der Waals surface area contributed by atoms with E-state index in [-0.39, 0.29) is 12.0 Å². The van der Waals surface area contributed by atoms with Gasteiger partial charge in [-0.25, -0.2) is 0 Å². The molecule has 0 radical (unpaired) electrons. The van der Waals surface area contributed by atoms with Gasteiger partial charge in [0.05, 0.1) is 30.7 Å². The van der Waals surface area contributed by atoms with Crippen LogP contribution in [0, 0.1) is 6.92 Å². The predicted molar refractivity (Wildman–Crippen MR) is 83.6 cm³/mol. The number of morpholine rings is 1. The third-order valence-electron chi connectivity index (χ3n) is 4.07. The third kappa shape index (κ3) is 3.73. The van der Waals surface area contributed by atoms with Crippen molar-refractivity contribution in [2.75, 3.05) is 19.7 Å². The van der Waals surface area contributed by atoms with Gasteiger partial charge in [-0.05, 0) is 19.4 Å². The van der Waals surface area contributed by atoms with Crippen LogP contribution in [0.25, 0.3) is 0 Å². The first-order chi connectivity index (χ1) is 11.1. The minimum absolute atomic E-state index is 0.138. The topological polar surface area (TPSA) is 73.1 Å². The van der Waals surface area contributed by atoms with E-state index in [1.807, 2.05) is 24.9 Å². The highest BCUT2D eigenvalue weighted by Crippen LogP contribution is 2.20. The largest absolute Gasteiger partial charge is 0.368 e. The Kier molecular flexibility index (Phi) is 4.66. The van der Waals surface area contributed by atoms with Crippen LogP contribution in [0.5, 0.6) is 0 Å². The Hall–Kier alpha value is -2.28. The number of carbonyl (C=O) groups excluding carboxylic acids is 1. The average molecular weight is 315 g/mol. The summed E-state index contributed by atoms with van der Waals surface area (Å²) in [7, 11) is 1.89. The van der Waals surface area contributed by atoms with Crippen molar-refractivity contribution in [1.29, 1.82) is 0 Å². The number of nitrogens with zero attached hydrogens (tertiary/aromatic N) is 5. The first kappa shape index (κ1) is 15.6. The minimum Gasteiger partial charge on any atom is -0.368 e.